The highest BCUT2D eigenvalue weighted by atomic mass is 16.5. The van der Waals surface area contributed by atoms with Gasteiger partial charge in [-0.3, -0.25) is 9.59 Å². The number of carbonyl (C=O) groups is 2. The molecule has 0 rings (SSSR count). The van der Waals surface area contributed by atoms with Gasteiger partial charge in [-0.05, 0) is 64.2 Å². The molecule has 83 heavy (non-hydrogen) atoms. The van der Waals surface area contributed by atoms with Crippen molar-refractivity contribution in [3.05, 3.63) is 36.5 Å². The minimum atomic E-state index is -0.842. The molecule has 6 heteroatoms. The number of aliphatic hydroxyl groups excluding tert-OH is 2. The van der Waals surface area contributed by atoms with E-state index in [2.05, 4.69) is 43.5 Å². The Hall–Kier alpha value is -1.92. The molecule has 0 aliphatic carbocycles. The van der Waals surface area contributed by atoms with Crippen molar-refractivity contribution in [2.75, 3.05) is 13.2 Å². The molecule has 2 atom stereocenters. The minimum absolute atomic E-state index is 0.0137. The van der Waals surface area contributed by atoms with E-state index < -0.39 is 12.1 Å². The molecule has 1 amide bonds. The lowest BCUT2D eigenvalue weighted by Gasteiger charge is -2.20. The fraction of sp³-hybridized carbons (Fsp3) is 0.896. The molecule has 0 aliphatic rings. The molecule has 0 aromatic heterocycles. The van der Waals surface area contributed by atoms with Crippen LogP contribution in [0.15, 0.2) is 36.5 Å². The third-order valence-electron chi connectivity index (χ3n) is 17.7. The number of unbranched alkanes of at least 4 members (excludes halogenated alkanes) is 56. The van der Waals surface area contributed by atoms with Gasteiger partial charge in [-0.1, -0.05) is 378 Å². The normalized spacial score (nSPS) is 12.7. The Morgan fingerprint density at radius 2 is 0.602 bits per heavy atom. The molecule has 3 N–H and O–H groups in total. The van der Waals surface area contributed by atoms with E-state index in [1.54, 1.807) is 6.08 Å². The van der Waals surface area contributed by atoms with Crippen LogP contribution in [0.25, 0.3) is 0 Å². The van der Waals surface area contributed by atoms with Crippen LogP contribution in [0.4, 0.5) is 0 Å². The van der Waals surface area contributed by atoms with E-state index in [1.807, 2.05) is 6.08 Å². The highest BCUT2D eigenvalue weighted by molar-refractivity contribution is 5.76. The van der Waals surface area contributed by atoms with Crippen LogP contribution >= 0.6 is 0 Å². The number of ether oxygens (including phenoxy) is 1. The zero-order valence-electron chi connectivity index (χ0n) is 56.2. The Morgan fingerprint density at radius 3 is 0.940 bits per heavy atom. The van der Waals surface area contributed by atoms with Crippen LogP contribution in [0.1, 0.15) is 418 Å². The van der Waals surface area contributed by atoms with Crippen molar-refractivity contribution in [2.24, 2.45) is 0 Å². The highest BCUT2D eigenvalue weighted by Crippen LogP contribution is 2.19. The van der Waals surface area contributed by atoms with Gasteiger partial charge < -0.3 is 20.3 Å². The first kappa shape index (κ1) is 81.1. The van der Waals surface area contributed by atoms with E-state index >= 15 is 0 Å². The summed E-state index contributed by atoms with van der Waals surface area (Å²) in [5, 5.41) is 23.2. The van der Waals surface area contributed by atoms with Gasteiger partial charge in [-0.15, -0.1) is 0 Å². The van der Waals surface area contributed by atoms with E-state index in [0.717, 1.165) is 51.4 Å². The monoisotopic (exact) mass is 1170 g/mol. The van der Waals surface area contributed by atoms with E-state index in [-0.39, 0.29) is 18.5 Å². The second-order valence-corrected chi connectivity index (χ2v) is 26.0. The maximum atomic E-state index is 12.5. The van der Waals surface area contributed by atoms with Crippen molar-refractivity contribution >= 4 is 11.9 Å². The third kappa shape index (κ3) is 69.1. The molecule has 6 nitrogen and oxygen atoms in total. The van der Waals surface area contributed by atoms with Crippen LogP contribution in [0, 0.1) is 0 Å². The van der Waals surface area contributed by atoms with E-state index in [1.165, 1.54) is 340 Å². The third-order valence-corrected chi connectivity index (χ3v) is 17.7. The quantitative estimate of drug-likeness (QED) is 0.0320. The number of aliphatic hydroxyl groups is 2. The number of esters is 1. The van der Waals surface area contributed by atoms with Crippen molar-refractivity contribution in [1.29, 1.82) is 0 Å². The molecule has 490 valence electrons. The summed E-state index contributed by atoms with van der Waals surface area (Å²) in [6, 6.07) is -0.625. The molecule has 0 bridgehead atoms. The van der Waals surface area contributed by atoms with Gasteiger partial charge in [-0.25, -0.2) is 0 Å². The number of carbonyl (C=O) groups excluding carboxylic acids is 2. The van der Waals surface area contributed by atoms with Crippen molar-refractivity contribution in [3.8, 4) is 0 Å². The van der Waals surface area contributed by atoms with Gasteiger partial charge >= 0.3 is 5.97 Å². The fourth-order valence-corrected chi connectivity index (χ4v) is 11.9. The lowest BCUT2D eigenvalue weighted by Crippen LogP contribution is -2.45. The predicted molar refractivity (Wildman–Crippen MR) is 366 cm³/mol. The molecule has 0 aromatic carbocycles. The predicted octanol–water partition coefficient (Wildman–Crippen LogP) is 24.7. The van der Waals surface area contributed by atoms with E-state index in [9.17, 15) is 19.8 Å². The Kier molecular flexibility index (Phi) is 70.9. The molecule has 0 aliphatic heterocycles. The highest BCUT2D eigenvalue weighted by Gasteiger charge is 2.18. The maximum absolute atomic E-state index is 12.5. The summed E-state index contributed by atoms with van der Waals surface area (Å²) in [7, 11) is 0. The van der Waals surface area contributed by atoms with Crippen molar-refractivity contribution < 1.29 is 24.5 Å². The summed E-state index contributed by atoms with van der Waals surface area (Å²) in [4.78, 5) is 24.6. The van der Waals surface area contributed by atoms with Crippen LogP contribution in [0.5, 0.6) is 0 Å². The van der Waals surface area contributed by atoms with Gasteiger partial charge in [0.25, 0.3) is 0 Å². The molecule has 0 saturated carbocycles. The Balaban J connectivity index is 3.34. The molecular weight excluding hydrogens is 1020 g/mol. The summed E-state index contributed by atoms with van der Waals surface area (Å²) in [6.45, 7) is 4.92. The van der Waals surface area contributed by atoms with Crippen LogP contribution < -0.4 is 5.32 Å². The number of hydrogen-bond acceptors (Lipinski definition) is 5. The molecule has 0 fully saturated rings. The summed E-state index contributed by atoms with van der Waals surface area (Å²) in [6.07, 6.45) is 93.9. The van der Waals surface area contributed by atoms with Gasteiger partial charge in [0.1, 0.15) is 0 Å². The van der Waals surface area contributed by atoms with Gasteiger partial charge in [0.05, 0.1) is 25.4 Å². The van der Waals surface area contributed by atoms with Crippen molar-refractivity contribution in [2.45, 2.75) is 431 Å². The average Bonchev–Trinajstić information content (AvgIpc) is 3.49. The van der Waals surface area contributed by atoms with Crippen molar-refractivity contribution in [1.82, 2.24) is 5.32 Å². The number of rotatable bonds is 71. The average molecular weight is 1170 g/mol. The first-order valence-corrected chi connectivity index (χ1v) is 37.8. The standard InChI is InChI=1S/C77H147NO5/c1-3-5-7-9-11-13-15-17-19-37-41-45-49-53-57-61-65-69-75(80)74(73-79)78-76(81)70-66-62-58-54-50-46-42-39-35-33-31-29-27-25-23-21-22-24-26-28-30-32-34-36-40-44-48-52-56-60-64-68-72-83-77(82)71-67-63-59-55-51-47-43-38-20-18-16-14-12-10-8-6-4-2/h12,14,18,20,65,69,74-75,79-80H,3-11,13,15-17,19,21-64,66-68,70-73H2,1-2H3,(H,78,81)/b14-12-,20-18-,69-65+. The van der Waals surface area contributed by atoms with Crippen molar-refractivity contribution in [3.63, 3.8) is 0 Å². The summed E-state index contributed by atoms with van der Waals surface area (Å²) in [5.74, 6) is -0.0465. The molecule has 0 spiro atoms. The number of allylic oxidation sites excluding steroid dienone is 5. The topological polar surface area (TPSA) is 95.9 Å². The Morgan fingerprint density at radius 1 is 0.337 bits per heavy atom. The minimum Gasteiger partial charge on any atom is -0.466 e. The molecule has 0 radical (unpaired) electrons. The molecule has 0 aromatic rings. The summed E-state index contributed by atoms with van der Waals surface area (Å²) < 4.78 is 5.50. The summed E-state index contributed by atoms with van der Waals surface area (Å²) >= 11 is 0. The first-order valence-electron chi connectivity index (χ1n) is 37.8. The van der Waals surface area contributed by atoms with Gasteiger partial charge in [0.15, 0.2) is 0 Å². The molecular formula is C77H147NO5. The Bertz CT molecular complexity index is 1340. The van der Waals surface area contributed by atoms with Gasteiger partial charge in [-0.2, -0.15) is 0 Å². The van der Waals surface area contributed by atoms with E-state index in [4.69, 9.17) is 4.74 Å². The number of hydrogen-bond donors (Lipinski definition) is 3. The lowest BCUT2D eigenvalue weighted by molar-refractivity contribution is -0.143. The van der Waals surface area contributed by atoms with E-state index in [0.29, 0.717) is 19.4 Å². The fourth-order valence-electron chi connectivity index (χ4n) is 11.9. The largest absolute Gasteiger partial charge is 0.466 e. The van der Waals surface area contributed by atoms with Gasteiger partial charge in [0.2, 0.25) is 5.91 Å². The second kappa shape index (κ2) is 72.6. The zero-order valence-corrected chi connectivity index (χ0v) is 56.2. The van der Waals surface area contributed by atoms with Crippen LogP contribution in [-0.4, -0.2) is 47.4 Å². The van der Waals surface area contributed by atoms with Crippen LogP contribution in [0.2, 0.25) is 0 Å². The van der Waals surface area contributed by atoms with Crippen LogP contribution in [0.3, 0.4) is 0 Å². The molecule has 2 unspecified atom stereocenters. The van der Waals surface area contributed by atoms with Crippen LogP contribution in [-0.2, 0) is 14.3 Å². The lowest BCUT2D eigenvalue weighted by atomic mass is 10.0. The smallest absolute Gasteiger partial charge is 0.305 e. The summed E-state index contributed by atoms with van der Waals surface area (Å²) in [5.41, 5.74) is 0. The van der Waals surface area contributed by atoms with Gasteiger partial charge in [0, 0.05) is 12.8 Å². The number of amides is 1. The molecule has 0 heterocycles. The first-order chi connectivity index (χ1) is 41.0. The molecule has 0 saturated heterocycles. The second-order valence-electron chi connectivity index (χ2n) is 26.0. The zero-order chi connectivity index (χ0) is 59.9. The number of nitrogens with one attached hydrogen (secondary N) is 1. The maximum Gasteiger partial charge on any atom is 0.305 e. The Labute approximate surface area is 519 Å². The SMILES string of the molecule is CCCCC/C=C\C/C=C\CCCCCCCCCC(=O)OCCCCCCCCCCCCCCCCCCCCCCCCCCCCCCCCCCC(=O)NC(CO)C(O)/C=C/CCCCCCCCCCCCCCCCC.